The second-order valence-corrected chi connectivity index (χ2v) is 3.41. The van der Waals surface area contributed by atoms with Crippen molar-refractivity contribution < 1.29 is 14.7 Å². The van der Waals surface area contributed by atoms with Gasteiger partial charge in [-0.05, 0) is 12.2 Å². The van der Waals surface area contributed by atoms with Gasteiger partial charge in [-0.3, -0.25) is 9.59 Å². The Balaban J connectivity index is 2.55. The SMILES string of the molecule is NC(CNC(=O)C1=C/C=C\C=C/C=C1)C(=O)O. The molecule has 1 rings (SSSR count). The van der Waals surface area contributed by atoms with E-state index in [1.54, 1.807) is 36.5 Å². The van der Waals surface area contributed by atoms with Crippen LogP contribution in [-0.4, -0.2) is 29.6 Å². The molecule has 0 aromatic carbocycles. The van der Waals surface area contributed by atoms with Gasteiger partial charge in [0.2, 0.25) is 0 Å². The van der Waals surface area contributed by atoms with Crippen molar-refractivity contribution in [2.75, 3.05) is 6.54 Å². The molecule has 90 valence electrons. The Labute approximate surface area is 99.0 Å². The van der Waals surface area contributed by atoms with Crippen molar-refractivity contribution in [3.05, 3.63) is 48.1 Å². The van der Waals surface area contributed by atoms with Gasteiger partial charge in [0, 0.05) is 12.1 Å². The monoisotopic (exact) mass is 234 g/mol. The molecule has 0 fully saturated rings. The number of rotatable bonds is 4. The molecule has 1 unspecified atom stereocenters. The highest BCUT2D eigenvalue weighted by atomic mass is 16.4. The lowest BCUT2D eigenvalue weighted by atomic mass is 10.1. The van der Waals surface area contributed by atoms with Crippen molar-refractivity contribution >= 4 is 11.9 Å². The van der Waals surface area contributed by atoms with Gasteiger partial charge in [-0.25, -0.2) is 0 Å². The Kier molecular flexibility index (Phi) is 4.90. The second kappa shape index (κ2) is 6.44. The first-order chi connectivity index (χ1) is 8.11. The molecule has 0 saturated carbocycles. The van der Waals surface area contributed by atoms with Gasteiger partial charge >= 0.3 is 5.97 Å². The summed E-state index contributed by atoms with van der Waals surface area (Å²) in [4.78, 5) is 22.1. The zero-order valence-corrected chi connectivity index (χ0v) is 9.17. The Bertz CT molecular complexity index is 419. The lowest BCUT2D eigenvalue weighted by molar-refractivity contribution is -0.138. The summed E-state index contributed by atoms with van der Waals surface area (Å²) >= 11 is 0. The molecule has 0 saturated heterocycles. The van der Waals surface area contributed by atoms with Gasteiger partial charge in [-0.15, -0.1) is 0 Å². The van der Waals surface area contributed by atoms with Crippen LogP contribution in [0.15, 0.2) is 48.1 Å². The van der Waals surface area contributed by atoms with Gasteiger partial charge in [0.05, 0.1) is 0 Å². The first-order valence-corrected chi connectivity index (χ1v) is 5.09. The fourth-order valence-electron chi connectivity index (χ4n) is 1.11. The van der Waals surface area contributed by atoms with Crippen molar-refractivity contribution in [3.63, 3.8) is 0 Å². The maximum absolute atomic E-state index is 11.7. The second-order valence-electron chi connectivity index (χ2n) is 3.41. The molecule has 0 radical (unpaired) electrons. The van der Waals surface area contributed by atoms with E-state index in [1.807, 2.05) is 6.08 Å². The van der Waals surface area contributed by atoms with E-state index in [1.165, 1.54) is 0 Å². The number of carbonyl (C=O) groups is 2. The lowest BCUT2D eigenvalue weighted by Crippen LogP contribution is -2.42. The summed E-state index contributed by atoms with van der Waals surface area (Å²) in [6.45, 7) is -0.0983. The molecular weight excluding hydrogens is 220 g/mol. The van der Waals surface area contributed by atoms with Crippen molar-refractivity contribution in [1.29, 1.82) is 0 Å². The van der Waals surface area contributed by atoms with Gasteiger partial charge in [0.1, 0.15) is 6.04 Å². The van der Waals surface area contributed by atoms with Crippen LogP contribution in [-0.2, 0) is 9.59 Å². The molecule has 0 heterocycles. The van der Waals surface area contributed by atoms with E-state index in [-0.39, 0.29) is 12.5 Å². The average Bonchev–Trinajstić information content (AvgIpc) is 2.24. The minimum Gasteiger partial charge on any atom is -0.480 e. The van der Waals surface area contributed by atoms with Crippen LogP contribution in [0.2, 0.25) is 0 Å². The van der Waals surface area contributed by atoms with Crippen LogP contribution < -0.4 is 11.1 Å². The van der Waals surface area contributed by atoms with Crippen LogP contribution in [0.4, 0.5) is 0 Å². The van der Waals surface area contributed by atoms with Gasteiger partial charge in [0.25, 0.3) is 5.91 Å². The van der Waals surface area contributed by atoms with E-state index in [2.05, 4.69) is 5.32 Å². The summed E-state index contributed by atoms with van der Waals surface area (Å²) in [5.74, 6) is -1.49. The number of hydrogen-bond acceptors (Lipinski definition) is 3. The number of carbonyl (C=O) groups excluding carboxylic acids is 1. The van der Waals surface area contributed by atoms with E-state index >= 15 is 0 Å². The van der Waals surface area contributed by atoms with Crippen LogP contribution in [0.5, 0.6) is 0 Å². The number of carboxylic acid groups (broad SMARTS) is 1. The number of hydrogen-bond donors (Lipinski definition) is 3. The fourth-order valence-corrected chi connectivity index (χ4v) is 1.11. The van der Waals surface area contributed by atoms with E-state index < -0.39 is 12.0 Å². The Morgan fingerprint density at radius 2 is 1.88 bits per heavy atom. The summed E-state index contributed by atoms with van der Waals surface area (Å²) in [7, 11) is 0. The molecular formula is C12H14N2O3. The van der Waals surface area contributed by atoms with E-state index in [9.17, 15) is 9.59 Å². The molecule has 0 aliphatic heterocycles. The van der Waals surface area contributed by atoms with Crippen molar-refractivity contribution in [1.82, 2.24) is 5.32 Å². The molecule has 0 aromatic heterocycles. The zero-order chi connectivity index (χ0) is 12.7. The molecule has 1 amide bonds. The Hall–Kier alpha value is -2.14. The predicted molar refractivity (Wildman–Crippen MR) is 64.1 cm³/mol. The zero-order valence-electron chi connectivity index (χ0n) is 9.17. The van der Waals surface area contributed by atoms with Crippen molar-refractivity contribution in [2.45, 2.75) is 6.04 Å². The molecule has 17 heavy (non-hydrogen) atoms. The van der Waals surface area contributed by atoms with Crippen LogP contribution in [0, 0.1) is 0 Å². The molecule has 1 aliphatic carbocycles. The minimum absolute atomic E-state index is 0.0983. The van der Waals surface area contributed by atoms with Gasteiger partial charge in [0.15, 0.2) is 0 Å². The smallest absolute Gasteiger partial charge is 0.322 e. The summed E-state index contributed by atoms with van der Waals surface area (Å²) in [5.41, 5.74) is 5.72. The van der Waals surface area contributed by atoms with Crippen LogP contribution >= 0.6 is 0 Å². The number of allylic oxidation sites excluding steroid dienone is 6. The number of nitrogens with two attached hydrogens (primary N) is 1. The summed E-state index contributed by atoms with van der Waals surface area (Å²) in [6, 6.07) is -1.09. The highest BCUT2D eigenvalue weighted by Gasteiger charge is 2.13. The maximum atomic E-state index is 11.7. The third kappa shape index (κ3) is 4.48. The molecule has 1 aliphatic rings. The standard InChI is InChI=1S/C12H14N2O3/c13-10(12(16)17)8-14-11(15)9-6-4-2-1-3-5-7-9/h1-7,10H,8,13H2,(H,14,15)(H,16,17)/b2-1-,3-1?,4-2?,5-3-,6-4?,7-5?,9-6?,9-7?. The average molecular weight is 234 g/mol. The van der Waals surface area contributed by atoms with Crippen LogP contribution in [0.3, 0.4) is 0 Å². The predicted octanol–water partition coefficient (Wildman–Crippen LogP) is 0.123. The van der Waals surface area contributed by atoms with Crippen molar-refractivity contribution in [2.24, 2.45) is 5.73 Å². The number of aliphatic carboxylic acids is 1. The van der Waals surface area contributed by atoms with Gasteiger partial charge in [-0.2, -0.15) is 0 Å². The fraction of sp³-hybridized carbons (Fsp3) is 0.167. The van der Waals surface area contributed by atoms with Gasteiger partial charge in [-0.1, -0.05) is 30.4 Å². The van der Waals surface area contributed by atoms with E-state index in [4.69, 9.17) is 10.8 Å². The largest absolute Gasteiger partial charge is 0.480 e. The lowest BCUT2D eigenvalue weighted by Gasteiger charge is -2.08. The third-order valence-corrected chi connectivity index (χ3v) is 2.06. The highest BCUT2D eigenvalue weighted by molar-refractivity contribution is 5.96. The Morgan fingerprint density at radius 1 is 1.24 bits per heavy atom. The summed E-state index contributed by atoms with van der Waals surface area (Å²) in [5, 5.41) is 11.0. The molecule has 4 N–H and O–H groups in total. The van der Waals surface area contributed by atoms with Crippen LogP contribution in [0.1, 0.15) is 0 Å². The minimum atomic E-state index is -1.14. The number of nitrogens with one attached hydrogen (secondary N) is 1. The summed E-state index contributed by atoms with van der Waals surface area (Å²) in [6.07, 6.45) is 12.2. The first kappa shape index (κ1) is 12.9. The molecule has 1 atom stereocenters. The molecule has 0 spiro atoms. The topological polar surface area (TPSA) is 92.4 Å². The number of carboxylic acids is 1. The summed E-state index contributed by atoms with van der Waals surface area (Å²) < 4.78 is 0. The maximum Gasteiger partial charge on any atom is 0.322 e. The highest BCUT2D eigenvalue weighted by Crippen LogP contribution is 2.01. The quantitative estimate of drug-likeness (QED) is 0.644. The first-order valence-electron chi connectivity index (χ1n) is 5.09. The number of amides is 1. The molecule has 5 heteroatoms. The third-order valence-electron chi connectivity index (χ3n) is 2.06. The molecule has 5 nitrogen and oxygen atoms in total. The van der Waals surface area contributed by atoms with Gasteiger partial charge < -0.3 is 16.2 Å². The normalized spacial score (nSPS) is 19.5. The van der Waals surface area contributed by atoms with Crippen molar-refractivity contribution in [3.8, 4) is 0 Å². The van der Waals surface area contributed by atoms with Crippen LogP contribution in [0.25, 0.3) is 0 Å². The molecule has 0 bridgehead atoms. The van der Waals surface area contributed by atoms with E-state index in [0.29, 0.717) is 5.57 Å². The Morgan fingerprint density at radius 3 is 2.59 bits per heavy atom. The molecule has 0 aromatic rings. The van der Waals surface area contributed by atoms with E-state index in [0.717, 1.165) is 0 Å².